The summed E-state index contributed by atoms with van der Waals surface area (Å²) >= 11 is 0. The van der Waals surface area contributed by atoms with Gasteiger partial charge in [-0.25, -0.2) is 4.98 Å². The van der Waals surface area contributed by atoms with E-state index >= 15 is 0 Å². The predicted molar refractivity (Wildman–Crippen MR) is 215 cm³/mol. The molecule has 8 bridgehead atoms. The fourth-order valence-corrected chi connectivity index (χ4v) is 7.38. The predicted octanol–water partition coefficient (Wildman–Crippen LogP) is 12.2. The van der Waals surface area contributed by atoms with Gasteiger partial charge in [-0.05, 0) is 64.7 Å². The standard InChI is InChI=1S/C47H34N4/c1-2-29-51-42-27-28-43(51)47(35-21-13-6-14-22-35)41-30-36(31-48-41)44(32-15-7-3-8-16-32)37-23-24-38(49-37)45(33-17-9-4-10-18-33)39-25-26-40(50-39)46(42)34-19-11-5-12-20-34/h2-28,30-31,49H,1,29H2. The third-order valence-corrected chi connectivity index (χ3v) is 9.61. The average Bonchev–Trinajstić information content (AvgIpc) is 4.02. The molecule has 7 aromatic rings. The number of hydrogen-bond donors (Lipinski definition) is 1. The Balaban J connectivity index is 1.53. The van der Waals surface area contributed by atoms with Crippen LogP contribution in [0.1, 0.15) is 17.0 Å². The van der Waals surface area contributed by atoms with Crippen molar-refractivity contribution in [1.29, 1.82) is 0 Å². The van der Waals surface area contributed by atoms with Crippen LogP contribution in [0.4, 0.5) is 5.69 Å². The number of nitrogens with zero attached hydrogens (tertiary/aromatic N) is 3. The zero-order valence-corrected chi connectivity index (χ0v) is 28.0. The average molecular weight is 655 g/mol. The van der Waals surface area contributed by atoms with Crippen LogP contribution in [0.25, 0.3) is 78.7 Å². The summed E-state index contributed by atoms with van der Waals surface area (Å²) in [6, 6.07) is 53.3. The Morgan fingerprint density at radius 1 is 0.529 bits per heavy atom. The molecule has 0 radical (unpaired) electrons. The molecule has 4 aromatic carbocycles. The first-order chi connectivity index (χ1) is 25.3. The van der Waals surface area contributed by atoms with Crippen LogP contribution in [0.2, 0.25) is 0 Å². The number of nitrogens with one attached hydrogen (secondary N) is 1. The molecule has 9 rings (SSSR count). The van der Waals surface area contributed by atoms with E-state index in [0.717, 1.165) is 89.2 Å². The second-order valence-corrected chi connectivity index (χ2v) is 12.7. The van der Waals surface area contributed by atoms with Crippen molar-refractivity contribution in [3.05, 3.63) is 181 Å². The maximum Gasteiger partial charge on any atom is 0.0737 e. The van der Waals surface area contributed by atoms with E-state index in [1.165, 1.54) is 0 Å². The van der Waals surface area contributed by atoms with E-state index in [1.54, 1.807) is 0 Å². The molecule has 0 amide bonds. The van der Waals surface area contributed by atoms with E-state index in [9.17, 15) is 0 Å². The van der Waals surface area contributed by atoms with Gasteiger partial charge >= 0.3 is 0 Å². The monoisotopic (exact) mass is 654 g/mol. The maximum atomic E-state index is 5.43. The van der Waals surface area contributed by atoms with Gasteiger partial charge in [0.05, 0.1) is 28.1 Å². The lowest BCUT2D eigenvalue weighted by Crippen LogP contribution is -1.98. The third kappa shape index (κ3) is 5.44. The molecule has 0 fully saturated rings. The summed E-state index contributed by atoms with van der Waals surface area (Å²) in [5, 5.41) is 0. The van der Waals surface area contributed by atoms with Gasteiger partial charge in [-0.1, -0.05) is 127 Å². The van der Waals surface area contributed by atoms with Gasteiger partial charge < -0.3 is 9.55 Å². The molecule has 0 spiro atoms. The summed E-state index contributed by atoms with van der Waals surface area (Å²) in [6.07, 6.45) is 8.28. The summed E-state index contributed by atoms with van der Waals surface area (Å²) in [5.41, 5.74) is 16.5. The molecule has 4 heteroatoms. The van der Waals surface area contributed by atoms with Crippen LogP contribution in [0.15, 0.2) is 169 Å². The molecule has 0 saturated heterocycles. The lowest BCUT2D eigenvalue weighted by molar-refractivity contribution is 0.900. The summed E-state index contributed by atoms with van der Waals surface area (Å²) in [7, 11) is 0. The number of H-pyrrole nitrogens is 1. The van der Waals surface area contributed by atoms with Gasteiger partial charge in [-0.15, -0.1) is 6.58 Å². The molecule has 0 saturated carbocycles. The van der Waals surface area contributed by atoms with E-state index in [-0.39, 0.29) is 0 Å². The first kappa shape index (κ1) is 30.3. The quantitative estimate of drug-likeness (QED) is 0.178. The number of benzene rings is 4. The van der Waals surface area contributed by atoms with Crippen molar-refractivity contribution in [3.8, 4) is 44.5 Å². The largest absolute Gasteiger partial charge is 0.354 e. The first-order valence-corrected chi connectivity index (χ1v) is 17.2. The highest BCUT2D eigenvalue weighted by Crippen LogP contribution is 2.41. The number of hydrogen-bond acceptors (Lipinski definition) is 2. The molecule has 51 heavy (non-hydrogen) atoms. The summed E-state index contributed by atoms with van der Waals surface area (Å²) in [6.45, 7) is 4.80. The normalized spacial score (nSPS) is 11.9. The smallest absolute Gasteiger partial charge is 0.0737 e. The fourth-order valence-electron chi connectivity index (χ4n) is 7.38. The van der Waals surface area contributed by atoms with Gasteiger partial charge in [0.25, 0.3) is 0 Å². The van der Waals surface area contributed by atoms with Crippen LogP contribution in [0.3, 0.4) is 0 Å². The van der Waals surface area contributed by atoms with E-state index in [4.69, 9.17) is 9.98 Å². The van der Waals surface area contributed by atoms with E-state index in [1.807, 2.05) is 12.3 Å². The Labute approximate surface area is 297 Å². The van der Waals surface area contributed by atoms with Gasteiger partial charge in [-0.2, -0.15) is 0 Å². The number of rotatable bonds is 6. The molecule has 1 N–H and O–H groups in total. The van der Waals surface area contributed by atoms with Crippen LogP contribution < -0.4 is 0 Å². The molecule has 2 aliphatic rings. The molecular formula is C47H34N4. The van der Waals surface area contributed by atoms with Crippen molar-refractivity contribution >= 4 is 46.1 Å². The highest BCUT2D eigenvalue weighted by atomic mass is 15.0. The number of fused-ring (bicyclic) bond motifs is 8. The lowest BCUT2D eigenvalue weighted by Gasteiger charge is -2.12. The number of aromatic amines is 1. The van der Waals surface area contributed by atoms with Crippen molar-refractivity contribution in [2.45, 2.75) is 6.54 Å². The first-order valence-electron chi connectivity index (χ1n) is 17.2. The Morgan fingerprint density at radius 2 is 1.00 bits per heavy atom. The van der Waals surface area contributed by atoms with Gasteiger partial charge in [0.15, 0.2) is 0 Å². The molecule has 0 aliphatic carbocycles. The van der Waals surface area contributed by atoms with Crippen LogP contribution in [0.5, 0.6) is 0 Å². The highest BCUT2D eigenvalue weighted by molar-refractivity contribution is 6.05. The minimum atomic E-state index is 0.609. The molecule has 5 heterocycles. The van der Waals surface area contributed by atoms with Crippen LogP contribution in [-0.2, 0) is 6.54 Å². The van der Waals surface area contributed by atoms with Crippen molar-refractivity contribution in [3.63, 3.8) is 0 Å². The fraction of sp³-hybridized carbons (Fsp3) is 0.0213. The van der Waals surface area contributed by atoms with Gasteiger partial charge in [0.2, 0.25) is 0 Å². The zero-order valence-electron chi connectivity index (χ0n) is 28.0. The van der Waals surface area contributed by atoms with Crippen molar-refractivity contribution in [2.75, 3.05) is 0 Å². The van der Waals surface area contributed by atoms with Crippen LogP contribution >= 0.6 is 0 Å². The topological polar surface area (TPSA) is 46.0 Å². The zero-order chi connectivity index (χ0) is 34.1. The van der Waals surface area contributed by atoms with Crippen molar-refractivity contribution in [1.82, 2.24) is 14.5 Å². The van der Waals surface area contributed by atoms with Gasteiger partial charge in [0.1, 0.15) is 0 Å². The minimum Gasteiger partial charge on any atom is -0.354 e. The van der Waals surface area contributed by atoms with Crippen LogP contribution in [-0.4, -0.2) is 20.7 Å². The Hall–Kier alpha value is -6.78. The van der Waals surface area contributed by atoms with Gasteiger partial charge in [-0.3, -0.25) is 4.99 Å². The van der Waals surface area contributed by atoms with E-state index in [0.29, 0.717) is 6.54 Å². The Bertz CT molecular complexity index is 2470. The summed E-state index contributed by atoms with van der Waals surface area (Å²) in [4.78, 5) is 14.4. The second kappa shape index (κ2) is 12.9. The summed E-state index contributed by atoms with van der Waals surface area (Å²) in [5.74, 6) is 0. The lowest BCUT2D eigenvalue weighted by atomic mass is 10.0. The molecule has 4 nitrogen and oxygen atoms in total. The SMILES string of the molecule is C=CCn1c2ccc1c(-c1ccccc1)c1nc(c(-c3ccccc3)c3ccc([nH]3)c(-c3ccccc3)c3cc(c2-c2ccccc2)N=C3)C=C1. The molecule has 3 aromatic heterocycles. The highest BCUT2D eigenvalue weighted by Gasteiger charge is 2.20. The molecule has 242 valence electrons. The van der Waals surface area contributed by atoms with Crippen molar-refractivity contribution in [2.24, 2.45) is 4.99 Å². The Morgan fingerprint density at radius 3 is 1.57 bits per heavy atom. The Kier molecular flexibility index (Phi) is 7.67. The minimum absolute atomic E-state index is 0.609. The van der Waals surface area contributed by atoms with Crippen molar-refractivity contribution < 1.29 is 0 Å². The molecule has 0 unspecified atom stereocenters. The van der Waals surface area contributed by atoms with Crippen LogP contribution in [0, 0.1) is 0 Å². The number of aromatic nitrogens is 3. The molecule has 2 aliphatic heterocycles. The van der Waals surface area contributed by atoms with E-state index in [2.05, 4.69) is 180 Å². The molecular weight excluding hydrogens is 621 g/mol. The number of allylic oxidation sites excluding steroid dienone is 1. The number of aliphatic imine (C=N–C) groups is 1. The molecule has 0 atom stereocenters. The second-order valence-electron chi connectivity index (χ2n) is 12.7. The van der Waals surface area contributed by atoms with E-state index < -0.39 is 0 Å². The third-order valence-electron chi connectivity index (χ3n) is 9.61. The van der Waals surface area contributed by atoms with Gasteiger partial charge in [0, 0.05) is 51.6 Å². The maximum absolute atomic E-state index is 5.43. The summed E-state index contributed by atoms with van der Waals surface area (Å²) < 4.78 is 2.35.